The molecule has 3 N–H and O–H groups in total. The number of nitrogens with zero attached hydrogens (tertiary/aromatic N) is 4. The molecule has 2 aliphatic rings. The SMILES string of the molecule is CO/N=C(\C(=O)NC1C(=O)N2C(C(=O)[O-])=C(C[n+]3ccc(C)c4sccc43)CS[C@H]12)c1csc(N)n1. The van der Waals surface area contributed by atoms with Crippen LogP contribution in [0.2, 0.25) is 0 Å². The number of thiophene rings is 1. The maximum Gasteiger partial charge on any atom is 0.276 e. The summed E-state index contributed by atoms with van der Waals surface area (Å²) in [5, 5.41) is 21.7. The van der Waals surface area contributed by atoms with Gasteiger partial charge in [0.15, 0.2) is 23.6 Å². The van der Waals surface area contributed by atoms with Gasteiger partial charge in [-0.15, -0.1) is 34.4 Å². The molecule has 3 aromatic rings. The number of thiazole rings is 1. The van der Waals surface area contributed by atoms with Gasteiger partial charge < -0.3 is 25.8 Å². The summed E-state index contributed by atoms with van der Waals surface area (Å²) in [7, 11) is 1.28. The monoisotopic (exact) mass is 544 g/mol. The third kappa shape index (κ3) is 4.10. The van der Waals surface area contributed by atoms with E-state index >= 15 is 0 Å². The molecular weight excluding hydrogens is 524 g/mol. The Kier molecular flexibility index (Phi) is 6.40. The third-order valence-electron chi connectivity index (χ3n) is 5.87. The zero-order valence-electron chi connectivity index (χ0n) is 19.1. The van der Waals surface area contributed by atoms with E-state index in [0.717, 1.165) is 27.1 Å². The van der Waals surface area contributed by atoms with Crippen LogP contribution in [0.25, 0.3) is 10.2 Å². The number of carbonyl (C=O) groups excluding carboxylic acids is 3. The highest BCUT2D eigenvalue weighted by atomic mass is 32.2. The summed E-state index contributed by atoms with van der Waals surface area (Å²) in [4.78, 5) is 48.1. The molecule has 0 saturated carbocycles. The van der Waals surface area contributed by atoms with Crippen LogP contribution in [0.1, 0.15) is 11.3 Å². The summed E-state index contributed by atoms with van der Waals surface area (Å²) in [6.07, 6.45) is 1.91. The number of aromatic nitrogens is 2. The van der Waals surface area contributed by atoms with Gasteiger partial charge in [0.2, 0.25) is 5.52 Å². The smallest absolute Gasteiger partial charge is 0.276 e. The van der Waals surface area contributed by atoms with Gasteiger partial charge in [-0.3, -0.25) is 14.5 Å². The number of anilines is 1. The molecule has 1 saturated heterocycles. The second-order valence-electron chi connectivity index (χ2n) is 8.06. The van der Waals surface area contributed by atoms with Crippen molar-refractivity contribution in [1.29, 1.82) is 0 Å². The normalized spacial score (nSPS) is 19.8. The minimum Gasteiger partial charge on any atom is -0.543 e. The van der Waals surface area contributed by atoms with Crippen LogP contribution < -0.4 is 20.7 Å². The molecule has 36 heavy (non-hydrogen) atoms. The van der Waals surface area contributed by atoms with Crippen LogP contribution in [0.3, 0.4) is 0 Å². The first-order valence-electron chi connectivity index (χ1n) is 10.7. The molecule has 0 spiro atoms. The van der Waals surface area contributed by atoms with E-state index in [9.17, 15) is 19.5 Å². The minimum absolute atomic E-state index is 0.135. The highest BCUT2D eigenvalue weighted by Crippen LogP contribution is 2.40. The van der Waals surface area contributed by atoms with Gasteiger partial charge in [0.1, 0.15) is 28.9 Å². The van der Waals surface area contributed by atoms with Gasteiger partial charge in [0.05, 0.1) is 11.7 Å². The fourth-order valence-corrected chi connectivity index (χ4v) is 7.00. The van der Waals surface area contributed by atoms with Crippen molar-refractivity contribution in [2.75, 3.05) is 18.6 Å². The molecule has 2 atom stereocenters. The summed E-state index contributed by atoms with van der Waals surface area (Å²) in [6.45, 7) is 2.32. The molecule has 2 aliphatic heterocycles. The molecule has 14 heteroatoms. The van der Waals surface area contributed by atoms with Gasteiger partial charge in [0.25, 0.3) is 11.8 Å². The van der Waals surface area contributed by atoms with E-state index in [-0.39, 0.29) is 22.2 Å². The minimum atomic E-state index is -1.43. The van der Waals surface area contributed by atoms with Crippen molar-refractivity contribution in [2.45, 2.75) is 24.9 Å². The zero-order chi connectivity index (χ0) is 25.6. The Morgan fingerprint density at radius 1 is 1.39 bits per heavy atom. The molecule has 1 fully saturated rings. The van der Waals surface area contributed by atoms with Crippen molar-refractivity contribution in [3.05, 3.63) is 51.6 Å². The van der Waals surface area contributed by atoms with E-state index in [1.807, 2.05) is 35.2 Å². The second-order valence-corrected chi connectivity index (χ2v) is 11.0. The lowest BCUT2D eigenvalue weighted by Crippen LogP contribution is -2.71. The van der Waals surface area contributed by atoms with Crippen LogP contribution in [0.4, 0.5) is 5.13 Å². The Hall–Kier alpha value is -3.49. The number of pyridine rings is 1. The number of fused-ring (bicyclic) bond motifs is 2. The number of nitrogens with two attached hydrogens (primary N) is 1. The van der Waals surface area contributed by atoms with Crippen molar-refractivity contribution in [1.82, 2.24) is 15.2 Å². The molecule has 0 aromatic carbocycles. The number of carboxylic acids is 1. The van der Waals surface area contributed by atoms with E-state index in [2.05, 4.69) is 15.5 Å². The van der Waals surface area contributed by atoms with Crippen molar-refractivity contribution >= 4 is 73.3 Å². The second kappa shape index (κ2) is 9.52. The summed E-state index contributed by atoms with van der Waals surface area (Å²) < 4.78 is 3.09. The number of nitrogens with one attached hydrogen (secondary N) is 1. The number of rotatable bonds is 7. The number of carbonyl (C=O) groups is 3. The van der Waals surface area contributed by atoms with Crippen molar-refractivity contribution in [3.8, 4) is 0 Å². The molecular formula is C22H20N6O5S3. The first-order chi connectivity index (χ1) is 17.3. The average Bonchev–Trinajstić information content (AvgIpc) is 3.52. The first-order valence-corrected chi connectivity index (χ1v) is 13.5. The summed E-state index contributed by atoms with van der Waals surface area (Å²) >= 11 is 4.12. The molecule has 0 radical (unpaired) electrons. The van der Waals surface area contributed by atoms with E-state index in [4.69, 9.17) is 10.6 Å². The quantitative estimate of drug-likeness (QED) is 0.182. The maximum absolute atomic E-state index is 13.0. The number of nitrogen functional groups attached to an aromatic ring is 1. The number of hydrogen-bond donors (Lipinski definition) is 2. The molecule has 2 amide bonds. The molecule has 5 rings (SSSR count). The fraction of sp³-hybridized carbons (Fsp3) is 0.273. The standard InChI is InChI=1S/C22H20N6O5S3/c1-10-3-5-27(13-4-6-34-17(10)13)7-11-8-35-20-15(19(30)28(20)16(11)21(31)32)25-18(29)14(26-33-2)12-9-36-22(23)24-12/h3-6,9,15,20H,7-8H2,1-2H3,(H3-,23,24,25,29,31,32)/b26-14-/t15?,20-/m1/s1. The topological polar surface area (TPSA) is 154 Å². The number of hydrogen-bond acceptors (Lipinski definition) is 11. The predicted molar refractivity (Wildman–Crippen MR) is 134 cm³/mol. The van der Waals surface area contributed by atoms with Crippen LogP contribution in [-0.4, -0.2) is 57.7 Å². The Labute approximate surface area is 217 Å². The number of thioether (sulfide) groups is 1. The Bertz CT molecular complexity index is 1460. The molecule has 3 aromatic heterocycles. The van der Waals surface area contributed by atoms with Crippen LogP contribution in [0.5, 0.6) is 0 Å². The molecule has 11 nitrogen and oxygen atoms in total. The summed E-state index contributed by atoms with van der Waals surface area (Å²) in [5.74, 6) is -2.29. The van der Waals surface area contributed by atoms with Gasteiger partial charge in [-0.05, 0) is 17.9 Å². The van der Waals surface area contributed by atoms with Gasteiger partial charge in [-0.25, -0.2) is 4.98 Å². The van der Waals surface area contributed by atoms with Gasteiger partial charge >= 0.3 is 0 Å². The Morgan fingerprint density at radius 3 is 2.89 bits per heavy atom. The lowest BCUT2D eigenvalue weighted by Gasteiger charge is -2.50. The lowest BCUT2D eigenvalue weighted by atomic mass is 10.0. The molecule has 0 bridgehead atoms. The average molecular weight is 545 g/mol. The van der Waals surface area contributed by atoms with Crippen molar-refractivity contribution < 1.29 is 28.9 Å². The van der Waals surface area contributed by atoms with Crippen LogP contribution >= 0.6 is 34.4 Å². The summed E-state index contributed by atoms with van der Waals surface area (Å²) in [5.41, 5.74) is 8.27. The first kappa shape index (κ1) is 24.2. The van der Waals surface area contributed by atoms with Crippen LogP contribution in [0, 0.1) is 6.92 Å². The Morgan fingerprint density at radius 2 is 2.19 bits per heavy atom. The predicted octanol–water partition coefficient (Wildman–Crippen LogP) is -0.00948. The van der Waals surface area contributed by atoms with E-state index < -0.39 is 29.2 Å². The third-order valence-corrected chi connectivity index (χ3v) is 8.92. The molecule has 1 unspecified atom stereocenters. The molecule has 5 heterocycles. The zero-order valence-corrected chi connectivity index (χ0v) is 21.5. The van der Waals surface area contributed by atoms with Crippen molar-refractivity contribution in [2.24, 2.45) is 5.16 Å². The highest BCUT2D eigenvalue weighted by Gasteiger charge is 2.53. The van der Waals surface area contributed by atoms with E-state index in [1.165, 1.54) is 23.8 Å². The molecule has 0 aliphatic carbocycles. The summed E-state index contributed by atoms with van der Waals surface area (Å²) in [6, 6.07) is 3.03. The number of carboxylic acid groups (broad SMARTS) is 1. The van der Waals surface area contributed by atoms with Gasteiger partial charge in [-0.2, -0.15) is 4.57 Å². The van der Waals surface area contributed by atoms with E-state index in [1.54, 1.807) is 16.7 Å². The number of β-lactam (4-membered cyclic amide) rings is 1. The molecule has 186 valence electrons. The number of aliphatic carboxylic acids is 1. The number of aryl methyl sites for hydroxylation is 1. The van der Waals surface area contributed by atoms with Crippen LogP contribution in [-0.2, 0) is 25.8 Å². The fourth-order valence-electron chi connectivity index (χ4n) is 4.22. The number of amides is 2. The van der Waals surface area contributed by atoms with Crippen molar-refractivity contribution in [3.63, 3.8) is 0 Å². The van der Waals surface area contributed by atoms with E-state index in [0.29, 0.717) is 17.9 Å². The largest absolute Gasteiger partial charge is 0.543 e. The number of oxime groups is 1. The Balaban J connectivity index is 1.38. The highest BCUT2D eigenvalue weighted by molar-refractivity contribution is 8.00. The maximum atomic E-state index is 13.0. The van der Waals surface area contributed by atoms with Crippen LogP contribution in [0.15, 0.2) is 45.5 Å². The van der Waals surface area contributed by atoms with Gasteiger partial charge in [0, 0.05) is 28.8 Å². The van der Waals surface area contributed by atoms with Gasteiger partial charge in [-0.1, -0.05) is 5.16 Å². The lowest BCUT2D eigenvalue weighted by molar-refractivity contribution is -0.663.